The molecule has 0 atom stereocenters. The van der Waals surface area contributed by atoms with Crippen molar-refractivity contribution in [1.82, 2.24) is 9.88 Å². The normalized spacial score (nSPS) is 15.6. The number of nitrogens with one attached hydrogen (secondary N) is 1. The zero-order valence-electron chi connectivity index (χ0n) is 19.5. The fourth-order valence-electron chi connectivity index (χ4n) is 4.94. The van der Waals surface area contributed by atoms with Crippen LogP contribution in [0.1, 0.15) is 12.0 Å². The number of para-hydroxylation sites is 2. The molecule has 4 aromatic rings. The summed E-state index contributed by atoms with van der Waals surface area (Å²) in [7, 11) is 0. The van der Waals surface area contributed by atoms with Gasteiger partial charge in [0.15, 0.2) is 17.2 Å². The molecule has 0 amide bonds. The van der Waals surface area contributed by atoms with Gasteiger partial charge in [-0.05, 0) is 61.3 Å². The summed E-state index contributed by atoms with van der Waals surface area (Å²) in [4.78, 5) is 8.32. The number of aryl methyl sites for hydroxylation is 1. The molecule has 1 fully saturated rings. The fraction of sp³-hybridized carbons (Fsp3) is 0.286. The van der Waals surface area contributed by atoms with Gasteiger partial charge < -0.3 is 24.1 Å². The first-order valence-corrected chi connectivity index (χ1v) is 12.5. The number of hydrogen-bond donors (Lipinski definition) is 1. The van der Waals surface area contributed by atoms with Crippen LogP contribution in [0.5, 0.6) is 23.0 Å². The molecule has 0 aliphatic carbocycles. The zero-order chi connectivity index (χ0) is 23.6. The first-order chi connectivity index (χ1) is 17.2. The summed E-state index contributed by atoms with van der Waals surface area (Å²) in [6, 6.07) is 20.0. The second kappa shape index (κ2) is 9.72. The Morgan fingerprint density at radius 2 is 1.77 bits per heavy atom. The number of halogens is 1. The minimum Gasteiger partial charge on any atom is -0.455 e. The third-order valence-corrected chi connectivity index (χ3v) is 7.04. The quantitative estimate of drug-likeness (QED) is 0.340. The predicted molar refractivity (Wildman–Crippen MR) is 139 cm³/mol. The van der Waals surface area contributed by atoms with Crippen LogP contribution in [-0.4, -0.2) is 49.4 Å². The van der Waals surface area contributed by atoms with Crippen LogP contribution < -0.4 is 19.1 Å². The van der Waals surface area contributed by atoms with Gasteiger partial charge in [0.25, 0.3) is 0 Å². The van der Waals surface area contributed by atoms with E-state index >= 15 is 0 Å². The molecule has 1 aromatic heterocycles. The highest BCUT2D eigenvalue weighted by atomic mass is 35.5. The number of hydrogen-bond acceptors (Lipinski definition) is 5. The number of fused-ring (bicyclic) bond motifs is 2. The summed E-state index contributed by atoms with van der Waals surface area (Å²) in [5.41, 5.74) is 3.61. The Labute approximate surface area is 210 Å². The van der Waals surface area contributed by atoms with Crippen molar-refractivity contribution in [1.29, 1.82) is 0 Å². The Bertz CT molecular complexity index is 1330. The highest BCUT2D eigenvalue weighted by Gasteiger charge is 2.21. The molecule has 3 aromatic carbocycles. The largest absolute Gasteiger partial charge is 0.455 e. The highest BCUT2D eigenvalue weighted by Crippen LogP contribution is 2.39. The molecule has 3 heterocycles. The maximum absolute atomic E-state index is 6.26. The number of ether oxygens (including phenoxy) is 3. The van der Waals surface area contributed by atoms with Gasteiger partial charge >= 0.3 is 0 Å². The summed E-state index contributed by atoms with van der Waals surface area (Å²) in [5, 5.41) is 2.05. The van der Waals surface area contributed by atoms with E-state index < -0.39 is 0 Å². The molecule has 35 heavy (non-hydrogen) atoms. The second-order valence-corrected chi connectivity index (χ2v) is 9.46. The molecule has 0 unspecified atom stereocenters. The Morgan fingerprint density at radius 1 is 0.914 bits per heavy atom. The minimum atomic E-state index is 0.260. The lowest BCUT2D eigenvalue weighted by Gasteiger charge is -2.36. The summed E-state index contributed by atoms with van der Waals surface area (Å²) < 4.78 is 17.2. The van der Waals surface area contributed by atoms with E-state index in [0.29, 0.717) is 0 Å². The van der Waals surface area contributed by atoms with Gasteiger partial charge in [0.05, 0.1) is 5.69 Å². The lowest BCUT2D eigenvalue weighted by atomic mass is 10.1. The summed E-state index contributed by atoms with van der Waals surface area (Å²) in [6.07, 6.45) is 4.32. The fourth-order valence-corrected chi connectivity index (χ4v) is 5.11. The van der Waals surface area contributed by atoms with Crippen molar-refractivity contribution in [3.05, 3.63) is 77.4 Å². The third-order valence-electron chi connectivity index (χ3n) is 6.80. The van der Waals surface area contributed by atoms with Gasteiger partial charge in [-0.2, -0.15) is 0 Å². The highest BCUT2D eigenvalue weighted by molar-refractivity contribution is 6.31. The van der Waals surface area contributed by atoms with Gasteiger partial charge in [-0.25, -0.2) is 0 Å². The van der Waals surface area contributed by atoms with Crippen LogP contribution in [0, 0.1) is 0 Å². The van der Waals surface area contributed by atoms with Crippen LogP contribution >= 0.6 is 11.6 Å². The van der Waals surface area contributed by atoms with Crippen molar-refractivity contribution in [3.63, 3.8) is 0 Å². The summed E-state index contributed by atoms with van der Waals surface area (Å²) in [6.45, 7) is 5.41. The molecular formula is C28H28ClN3O3. The van der Waals surface area contributed by atoms with Crippen LogP contribution in [0.15, 0.2) is 66.9 Å². The SMILES string of the molecule is Clc1ccc2c(CCCN3CCN(c4ccccc4Oc4ccc5c(c4)OCO5)CC3)c[nH]c2c1. The molecule has 0 radical (unpaired) electrons. The van der Waals surface area contributed by atoms with Gasteiger partial charge in [-0.3, -0.25) is 4.90 Å². The molecule has 6 nitrogen and oxygen atoms in total. The Hall–Kier alpha value is -3.35. The van der Waals surface area contributed by atoms with E-state index in [2.05, 4.69) is 39.2 Å². The van der Waals surface area contributed by atoms with E-state index in [0.717, 1.165) is 84.8 Å². The first-order valence-electron chi connectivity index (χ1n) is 12.1. The Kier molecular flexibility index (Phi) is 6.15. The number of anilines is 1. The summed E-state index contributed by atoms with van der Waals surface area (Å²) >= 11 is 6.11. The van der Waals surface area contributed by atoms with E-state index in [1.165, 1.54) is 10.9 Å². The maximum atomic E-state index is 6.26. The molecule has 180 valence electrons. The molecule has 0 saturated carbocycles. The lowest BCUT2D eigenvalue weighted by molar-refractivity contribution is 0.174. The van der Waals surface area contributed by atoms with E-state index in [1.807, 2.05) is 42.5 Å². The molecule has 1 saturated heterocycles. The van der Waals surface area contributed by atoms with Crippen molar-refractivity contribution in [2.75, 3.05) is 44.4 Å². The van der Waals surface area contributed by atoms with Crippen LogP contribution in [0.2, 0.25) is 5.02 Å². The third kappa shape index (κ3) is 4.77. The van der Waals surface area contributed by atoms with Crippen molar-refractivity contribution in [2.24, 2.45) is 0 Å². The second-order valence-electron chi connectivity index (χ2n) is 9.02. The van der Waals surface area contributed by atoms with E-state index in [4.69, 9.17) is 25.8 Å². The number of nitrogens with zero attached hydrogens (tertiary/aromatic N) is 2. The van der Waals surface area contributed by atoms with Crippen LogP contribution in [0.25, 0.3) is 10.9 Å². The first kappa shape index (κ1) is 22.1. The number of piperazine rings is 1. The topological polar surface area (TPSA) is 50.0 Å². The van der Waals surface area contributed by atoms with E-state index in [-0.39, 0.29) is 6.79 Å². The monoisotopic (exact) mass is 489 g/mol. The molecule has 0 spiro atoms. The van der Waals surface area contributed by atoms with Gasteiger partial charge in [0, 0.05) is 54.4 Å². The molecule has 0 bridgehead atoms. The number of rotatable bonds is 7. The maximum Gasteiger partial charge on any atom is 0.231 e. The molecule has 1 N–H and O–H groups in total. The van der Waals surface area contributed by atoms with Crippen LogP contribution in [0.4, 0.5) is 5.69 Å². The van der Waals surface area contributed by atoms with Gasteiger partial charge in [0.1, 0.15) is 5.75 Å². The van der Waals surface area contributed by atoms with Crippen LogP contribution in [-0.2, 0) is 6.42 Å². The Morgan fingerprint density at radius 3 is 2.69 bits per heavy atom. The lowest BCUT2D eigenvalue weighted by Crippen LogP contribution is -2.46. The van der Waals surface area contributed by atoms with Gasteiger partial charge in [-0.1, -0.05) is 29.8 Å². The van der Waals surface area contributed by atoms with Crippen molar-refractivity contribution in [2.45, 2.75) is 12.8 Å². The Balaban J connectivity index is 1.04. The van der Waals surface area contributed by atoms with Crippen molar-refractivity contribution >= 4 is 28.2 Å². The van der Waals surface area contributed by atoms with Gasteiger partial charge in [0.2, 0.25) is 6.79 Å². The molecule has 7 heteroatoms. The smallest absolute Gasteiger partial charge is 0.231 e. The summed E-state index contributed by atoms with van der Waals surface area (Å²) in [5.74, 6) is 3.10. The number of aromatic amines is 1. The van der Waals surface area contributed by atoms with Crippen molar-refractivity contribution in [3.8, 4) is 23.0 Å². The van der Waals surface area contributed by atoms with Crippen molar-refractivity contribution < 1.29 is 14.2 Å². The predicted octanol–water partition coefficient (Wildman–Crippen LogP) is 6.10. The van der Waals surface area contributed by atoms with E-state index in [1.54, 1.807) is 0 Å². The van der Waals surface area contributed by atoms with Gasteiger partial charge in [-0.15, -0.1) is 0 Å². The molecule has 2 aliphatic heterocycles. The molecule has 6 rings (SSSR count). The molecule has 2 aliphatic rings. The average molecular weight is 490 g/mol. The van der Waals surface area contributed by atoms with Crippen LogP contribution in [0.3, 0.4) is 0 Å². The zero-order valence-corrected chi connectivity index (χ0v) is 20.3. The molecular weight excluding hydrogens is 462 g/mol. The standard InChI is InChI=1S/C28H28ClN3O3/c29-21-7-9-23-20(18-30-24(23)16-21)4-3-11-31-12-14-32(15-13-31)25-5-1-2-6-26(25)35-22-8-10-27-28(17-22)34-19-33-27/h1-2,5-10,16-18,30H,3-4,11-15,19H2. The number of benzene rings is 3. The number of aromatic nitrogens is 1. The average Bonchev–Trinajstić information content (AvgIpc) is 3.51. The minimum absolute atomic E-state index is 0.260. The van der Waals surface area contributed by atoms with E-state index in [9.17, 15) is 0 Å². The number of H-pyrrole nitrogens is 1.